The molecule has 8 heteroatoms. The van der Waals surface area contributed by atoms with Crippen molar-refractivity contribution in [2.75, 3.05) is 19.5 Å². The van der Waals surface area contributed by atoms with Crippen LogP contribution in [0.5, 0.6) is 0 Å². The molecule has 1 atom stereocenters. The number of thiophene rings is 1. The second kappa shape index (κ2) is 6.96. The second-order valence-corrected chi connectivity index (χ2v) is 6.79. The van der Waals surface area contributed by atoms with Crippen LogP contribution in [0.2, 0.25) is 0 Å². The van der Waals surface area contributed by atoms with Gasteiger partial charge in [0.05, 0.1) is 19.6 Å². The van der Waals surface area contributed by atoms with Gasteiger partial charge in [0.1, 0.15) is 5.00 Å². The number of carbonyl (C=O) groups excluding carboxylic acids is 2. The highest BCUT2D eigenvalue weighted by molar-refractivity contribution is 7.16. The van der Waals surface area contributed by atoms with E-state index in [-0.39, 0.29) is 11.9 Å². The highest BCUT2D eigenvalue weighted by Gasteiger charge is 2.35. The first kappa shape index (κ1) is 16.5. The molecular formula is C13H15Cl2NO4S. The summed E-state index contributed by atoms with van der Waals surface area (Å²) < 4.78 is 10.0. The number of hydrogen-bond acceptors (Lipinski definition) is 5. The van der Waals surface area contributed by atoms with Crippen molar-refractivity contribution in [3.8, 4) is 0 Å². The summed E-state index contributed by atoms with van der Waals surface area (Å²) in [6.45, 7) is 0.296. The quantitative estimate of drug-likeness (QED) is 0.654. The number of carbonyl (C=O) groups is 2. The Morgan fingerprint density at radius 2 is 2.14 bits per heavy atom. The summed E-state index contributed by atoms with van der Waals surface area (Å²) in [5.74, 6) is -1.07. The third-order valence-electron chi connectivity index (χ3n) is 3.34. The Morgan fingerprint density at radius 3 is 2.71 bits per heavy atom. The first-order chi connectivity index (χ1) is 9.99. The average Bonchev–Trinajstić information content (AvgIpc) is 2.99. The van der Waals surface area contributed by atoms with Gasteiger partial charge in [-0.25, -0.2) is 0 Å². The highest BCUT2D eigenvalue weighted by atomic mass is 35.5. The van der Waals surface area contributed by atoms with Crippen molar-refractivity contribution in [2.24, 2.45) is 0 Å². The molecule has 2 rings (SSSR count). The van der Waals surface area contributed by atoms with Crippen molar-refractivity contribution in [1.29, 1.82) is 0 Å². The maximum absolute atomic E-state index is 11.9. The van der Waals surface area contributed by atoms with Gasteiger partial charge < -0.3 is 14.8 Å². The number of esters is 1. The fourth-order valence-corrected chi connectivity index (χ4v) is 3.87. The number of halogens is 2. The second-order valence-electron chi connectivity index (χ2n) is 4.58. The first-order valence-corrected chi connectivity index (χ1v) is 7.98. The number of methoxy groups -OCH3 is 2. The highest BCUT2D eigenvalue weighted by Crippen LogP contribution is 2.45. The van der Waals surface area contributed by atoms with Gasteiger partial charge >= 0.3 is 5.97 Å². The van der Waals surface area contributed by atoms with Crippen LogP contribution in [0.1, 0.15) is 28.3 Å². The van der Waals surface area contributed by atoms with Crippen molar-refractivity contribution < 1.29 is 19.1 Å². The van der Waals surface area contributed by atoms with Crippen LogP contribution in [0, 0.1) is 0 Å². The number of fused-ring (bicyclic) bond motifs is 1. The Balaban J connectivity index is 2.36. The van der Waals surface area contributed by atoms with Crippen LogP contribution in [0.15, 0.2) is 0 Å². The summed E-state index contributed by atoms with van der Waals surface area (Å²) in [5.41, 5.74) is 1.71. The molecule has 5 nitrogen and oxygen atoms in total. The molecule has 1 aromatic heterocycles. The van der Waals surface area contributed by atoms with Crippen molar-refractivity contribution in [1.82, 2.24) is 0 Å². The van der Waals surface area contributed by atoms with Crippen molar-refractivity contribution >= 4 is 51.4 Å². The van der Waals surface area contributed by atoms with Crippen molar-refractivity contribution in [3.63, 3.8) is 0 Å². The molecule has 0 aromatic carbocycles. The summed E-state index contributed by atoms with van der Waals surface area (Å²) in [6, 6.07) is 0. The molecule has 1 N–H and O–H groups in total. The van der Waals surface area contributed by atoms with E-state index in [2.05, 4.69) is 5.32 Å². The lowest BCUT2D eigenvalue weighted by atomic mass is 10.00. The normalized spacial score (nSPS) is 16.9. The minimum atomic E-state index is -1.14. The molecule has 0 saturated heterocycles. The predicted octanol–water partition coefficient (Wildman–Crippen LogP) is 2.84. The van der Waals surface area contributed by atoms with Crippen LogP contribution in [0.4, 0.5) is 5.00 Å². The summed E-state index contributed by atoms with van der Waals surface area (Å²) in [6.07, 6.45) is 1.49. The Bertz CT molecular complexity index is 559. The lowest BCUT2D eigenvalue weighted by Crippen LogP contribution is -2.19. The number of aryl methyl sites for hydroxylation is 1. The Labute approximate surface area is 136 Å². The molecule has 0 bridgehead atoms. The van der Waals surface area contributed by atoms with Gasteiger partial charge in [0, 0.05) is 17.6 Å². The summed E-state index contributed by atoms with van der Waals surface area (Å²) in [4.78, 5) is 23.5. The first-order valence-electron chi connectivity index (χ1n) is 6.29. The molecule has 0 fully saturated rings. The molecule has 1 aromatic rings. The number of nitrogens with one attached hydrogen (secondary N) is 1. The number of hydrogen-bond donors (Lipinski definition) is 1. The Hall–Kier alpha value is -0.820. The van der Waals surface area contributed by atoms with Crippen LogP contribution in [0.25, 0.3) is 0 Å². The SMILES string of the molecule is COCc1c(NC(=O)C(Cl)Cl)sc2c1C(C(=O)OC)CC2. The Morgan fingerprint density at radius 1 is 1.43 bits per heavy atom. The van der Waals surface area contributed by atoms with Crippen molar-refractivity contribution in [2.45, 2.75) is 30.2 Å². The molecule has 116 valence electrons. The maximum Gasteiger partial charge on any atom is 0.313 e. The molecule has 1 heterocycles. The van der Waals surface area contributed by atoms with E-state index in [9.17, 15) is 9.59 Å². The lowest BCUT2D eigenvalue weighted by Gasteiger charge is -2.12. The molecule has 0 aliphatic heterocycles. The van der Waals surface area contributed by atoms with Gasteiger partial charge in [-0.2, -0.15) is 0 Å². The molecule has 0 spiro atoms. The zero-order valence-corrected chi connectivity index (χ0v) is 13.9. The fourth-order valence-electron chi connectivity index (χ4n) is 2.47. The summed E-state index contributed by atoms with van der Waals surface area (Å²) in [7, 11) is 2.93. The third kappa shape index (κ3) is 3.34. The van der Waals surface area contributed by atoms with Crippen LogP contribution < -0.4 is 5.32 Å². The van der Waals surface area contributed by atoms with Crippen molar-refractivity contribution in [3.05, 3.63) is 16.0 Å². The molecule has 1 aliphatic carbocycles. The number of ether oxygens (including phenoxy) is 2. The molecule has 0 saturated carbocycles. The fraction of sp³-hybridized carbons (Fsp3) is 0.538. The minimum Gasteiger partial charge on any atom is -0.469 e. The largest absolute Gasteiger partial charge is 0.469 e. The number of rotatable bonds is 5. The molecule has 1 unspecified atom stereocenters. The summed E-state index contributed by atoms with van der Waals surface area (Å²) in [5, 5.41) is 3.32. The molecule has 1 aliphatic rings. The van der Waals surface area contributed by atoms with E-state index >= 15 is 0 Å². The van der Waals surface area contributed by atoms with Gasteiger partial charge in [0.25, 0.3) is 5.91 Å². The minimum absolute atomic E-state index is 0.269. The monoisotopic (exact) mass is 351 g/mol. The molecule has 1 amide bonds. The molecule has 0 radical (unpaired) electrons. The maximum atomic E-state index is 11.9. The number of anilines is 1. The topological polar surface area (TPSA) is 64.6 Å². The van der Waals surface area contributed by atoms with E-state index in [1.807, 2.05) is 0 Å². The zero-order chi connectivity index (χ0) is 15.6. The smallest absolute Gasteiger partial charge is 0.313 e. The van der Waals surface area contributed by atoms with Gasteiger partial charge in [-0.3, -0.25) is 9.59 Å². The van der Waals surface area contributed by atoms with E-state index in [4.69, 9.17) is 32.7 Å². The third-order valence-corrected chi connectivity index (χ3v) is 4.96. The Kier molecular flexibility index (Phi) is 5.48. The van der Waals surface area contributed by atoms with Gasteiger partial charge in [0.2, 0.25) is 0 Å². The van der Waals surface area contributed by atoms with E-state index in [1.165, 1.54) is 18.4 Å². The van der Waals surface area contributed by atoms with Crippen LogP contribution >= 0.6 is 34.5 Å². The van der Waals surface area contributed by atoms with Gasteiger partial charge in [-0.05, 0) is 18.4 Å². The average molecular weight is 352 g/mol. The van der Waals surface area contributed by atoms with Gasteiger partial charge in [-0.1, -0.05) is 23.2 Å². The van der Waals surface area contributed by atoms with E-state index in [1.54, 1.807) is 7.11 Å². The van der Waals surface area contributed by atoms with Gasteiger partial charge in [0.15, 0.2) is 4.84 Å². The predicted molar refractivity (Wildman–Crippen MR) is 82.2 cm³/mol. The standard InChI is InChI=1S/C13H15Cl2NO4S/c1-19-5-7-9-6(13(18)20-2)3-4-8(9)21-12(7)16-11(17)10(14)15/h6,10H,3-5H2,1-2H3,(H,16,17). The van der Waals surface area contributed by atoms with E-state index in [0.29, 0.717) is 18.0 Å². The molecule has 21 heavy (non-hydrogen) atoms. The number of amides is 1. The summed E-state index contributed by atoms with van der Waals surface area (Å²) >= 11 is 12.5. The van der Waals surface area contributed by atoms with Crippen LogP contribution in [0.3, 0.4) is 0 Å². The van der Waals surface area contributed by atoms with Crippen LogP contribution in [-0.4, -0.2) is 30.9 Å². The van der Waals surface area contributed by atoms with Gasteiger partial charge in [-0.15, -0.1) is 11.3 Å². The van der Waals surface area contributed by atoms with E-state index < -0.39 is 10.7 Å². The lowest BCUT2D eigenvalue weighted by molar-refractivity contribution is -0.142. The number of alkyl halides is 2. The molecular weight excluding hydrogens is 337 g/mol. The van der Waals surface area contributed by atoms with E-state index in [0.717, 1.165) is 22.4 Å². The zero-order valence-electron chi connectivity index (χ0n) is 11.6. The van der Waals surface area contributed by atoms with Crippen LogP contribution in [-0.2, 0) is 32.1 Å².